The Balaban J connectivity index is 2.06. The summed E-state index contributed by atoms with van der Waals surface area (Å²) >= 11 is 0. The highest BCUT2D eigenvalue weighted by molar-refractivity contribution is 5.83. The van der Waals surface area contributed by atoms with Crippen LogP contribution in [0.2, 0.25) is 0 Å². The molecule has 0 amide bonds. The summed E-state index contributed by atoms with van der Waals surface area (Å²) in [5.74, 6) is 1.17. The number of phenolic OH excluding ortho intramolecular Hbond substituents is 1. The van der Waals surface area contributed by atoms with E-state index in [9.17, 15) is 5.11 Å². The molecule has 0 atom stereocenters. The first-order valence-electron chi connectivity index (χ1n) is 7.76. The van der Waals surface area contributed by atoms with Gasteiger partial charge in [0.1, 0.15) is 17.1 Å². The molecule has 0 aliphatic heterocycles. The van der Waals surface area contributed by atoms with Gasteiger partial charge in [-0.25, -0.2) is 0 Å². The normalized spacial score (nSPS) is 11.1. The van der Waals surface area contributed by atoms with E-state index in [4.69, 9.17) is 10.2 Å². The molecule has 0 bridgehead atoms. The first-order chi connectivity index (χ1) is 10.7. The topological polar surface area (TPSA) is 59.4 Å². The van der Waals surface area contributed by atoms with Gasteiger partial charge in [0, 0.05) is 23.8 Å². The van der Waals surface area contributed by atoms with E-state index < -0.39 is 0 Å². The van der Waals surface area contributed by atoms with Crippen molar-refractivity contribution in [1.29, 1.82) is 0 Å². The van der Waals surface area contributed by atoms with Crippen molar-refractivity contribution in [1.82, 2.24) is 0 Å². The lowest BCUT2D eigenvalue weighted by Crippen LogP contribution is -1.98. The minimum atomic E-state index is 0.139. The van der Waals surface area contributed by atoms with Crippen molar-refractivity contribution in [2.24, 2.45) is 0 Å². The second-order valence-electron chi connectivity index (χ2n) is 5.63. The first-order valence-corrected chi connectivity index (χ1v) is 7.76. The number of nitrogens with two attached hydrogens (primary N) is 1. The Kier molecular flexibility index (Phi) is 4.05. The van der Waals surface area contributed by atoms with Gasteiger partial charge < -0.3 is 15.3 Å². The molecule has 1 heterocycles. The molecular weight excluding hydrogens is 274 g/mol. The summed E-state index contributed by atoms with van der Waals surface area (Å²) in [4.78, 5) is 0. The van der Waals surface area contributed by atoms with Gasteiger partial charge in [0.15, 0.2) is 0 Å². The van der Waals surface area contributed by atoms with Crippen LogP contribution in [-0.2, 0) is 12.8 Å². The molecule has 3 aromatic rings. The van der Waals surface area contributed by atoms with Crippen LogP contribution in [0.4, 0.5) is 5.69 Å². The number of benzene rings is 2. The van der Waals surface area contributed by atoms with E-state index in [2.05, 4.69) is 13.0 Å². The van der Waals surface area contributed by atoms with Gasteiger partial charge in [0.25, 0.3) is 0 Å². The Morgan fingerprint density at radius 2 is 1.91 bits per heavy atom. The van der Waals surface area contributed by atoms with Crippen LogP contribution in [0.3, 0.4) is 0 Å². The third-order valence-electron chi connectivity index (χ3n) is 4.08. The van der Waals surface area contributed by atoms with E-state index in [-0.39, 0.29) is 5.75 Å². The van der Waals surface area contributed by atoms with Crippen LogP contribution >= 0.6 is 0 Å². The molecule has 3 rings (SSSR count). The number of furan rings is 1. The van der Waals surface area contributed by atoms with Crippen LogP contribution in [0.1, 0.15) is 36.7 Å². The van der Waals surface area contributed by atoms with Crippen LogP contribution in [-0.4, -0.2) is 5.11 Å². The van der Waals surface area contributed by atoms with Crippen molar-refractivity contribution >= 4 is 16.7 Å². The lowest BCUT2D eigenvalue weighted by Gasteiger charge is -2.08. The van der Waals surface area contributed by atoms with E-state index in [1.165, 1.54) is 5.56 Å². The number of hydrogen-bond donors (Lipinski definition) is 2. The summed E-state index contributed by atoms with van der Waals surface area (Å²) in [5.41, 5.74) is 9.50. The number of anilines is 1. The van der Waals surface area contributed by atoms with Gasteiger partial charge in [-0.3, -0.25) is 0 Å². The zero-order valence-electron chi connectivity index (χ0n) is 12.8. The van der Waals surface area contributed by atoms with E-state index in [0.29, 0.717) is 12.1 Å². The standard InChI is InChI=1S/C19H21NO2/c1-2-3-10-18-15(14-8-4-5-11-17(14)22-18)12-13-7-6-9-16(21)19(13)20/h4-9,11,21H,2-3,10,12,20H2,1H3. The third kappa shape index (κ3) is 2.67. The number of rotatable bonds is 5. The predicted octanol–water partition coefficient (Wildman–Crippen LogP) is 4.65. The van der Waals surface area contributed by atoms with E-state index in [0.717, 1.165) is 41.6 Å². The van der Waals surface area contributed by atoms with Crippen molar-refractivity contribution in [3.8, 4) is 5.75 Å². The number of aromatic hydroxyl groups is 1. The molecule has 0 fully saturated rings. The van der Waals surface area contributed by atoms with Crippen molar-refractivity contribution in [3.05, 3.63) is 59.4 Å². The van der Waals surface area contributed by atoms with E-state index in [1.807, 2.05) is 30.3 Å². The lowest BCUT2D eigenvalue weighted by molar-refractivity contribution is 0.477. The molecule has 0 unspecified atom stereocenters. The van der Waals surface area contributed by atoms with Crippen LogP contribution in [0.5, 0.6) is 5.75 Å². The molecule has 0 aliphatic carbocycles. The summed E-state index contributed by atoms with van der Waals surface area (Å²) < 4.78 is 6.04. The molecule has 0 aliphatic rings. The number of aryl methyl sites for hydroxylation is 1. The molecule has 0 radical (unpaired) electrons. The molecular formula is C19H21NO2. The second kappa shape index (κ2) is 6.14. The van der Waals surface area contributed by atoms with Gasteiger partial charge >= 0.3 is 0 Å². The SMILES string of the molecule is CCCCc1oc2ccccc2c1Cc1cccc(O)c1N. The van der Waals surface area contributed by atoms with Crippen molar-refractivity contribution in [2.45, 2.75) is 32.6 Å². The number of para-hydroxylation sites is 2. The molecule has 2 aromatic carbocycles. The highest BCUT2D eigenvalue weighted by Gasteiger charge is 2.15. The molecule has 0 saturated heterocycles. The maximum Gasteiger partial charge on any atom is 0.138 e. The highest BCUT2D eigenvalue weighted by atomic mass is 16.3. The monoisotopic (exact) mass is 295 g/mol. The Bertz CT molecular complexity index is 789. The van der Waals surface area contributed by atoms with Crippen molar-refractivity contribution < 1.29 is 9.52 Å². The number of unbranched alkanes of at least 4 members (excludes halogenated alkanes) is 1. The van der Waals surface area contributed by atoms with Gasteiger partial charge in [-0.2, -0.15) is 0 Å². The van der Waals surface area contributed by atoms with Gasteiger partial charge in [-0.15, -0.1) is 0 Å². The molecule has 114 valence electrons. The fourth-order valence-corrected chi connectivity index (χ4v) is 2.83. The molecule has 1 aromatic heterocycles. The predicted molar refractivity (Wildman–Crippen MR) is 90.2 cm³/mol. The lowest BCUT2D eigenvalue weighted by atomic mass is 9.98. The van der Waals surface area contributed by atoms with Gasteiger partial charge in [0.05, 0.1) is 5.69 Å². The minimum Gasteiger partial charge on any atom is -0.506 e. The van der Waals surface area contributed by atoms with Gasteiger partial charge in [-0.05, 0) is 24.1 Å². The maximum atomic E-state index is 9.80. The molecule has 3 heteroatoms. The Hall–Kier alpha value is -2.42. The first kappa shape index (κ1) is 14.5. The quantitative estimate of drug-likeness (QED) is 0.532. The molecule has 22 heavy (non-hydrogen) atoms. The van der Waals surface area contributed by atoms with Crippen molar-refractivity contribution in [3.63, 3.8) is 0 Å². The average molecular weight is 295 g/mol. The largest absolute Gasteiger partial charge is 0.506 e. The van der Waals surface area contributed by atoms with Crippen LogP contribution in [0, 0.1) is 0 Å². The fraction of sp³-hybridized carbons (Fsp3) is 0.263. The maximum absolute atomic E-state index is 9.80. The molecule has 0 saturated carbocycles. The van der Waals surface area contributed by atoms with Gasteiger partial charge in [-0.1, -0.05) is 43.7 Å². The fourth-order valence-electron chi connectivity index (χ4n) is 2.83. The number of fused-ring (bicyclic) bond motifs is 1. The molecule has 0 spiro atoms. The summed E-state index contributed by atoms with van der Waals surface area (Å²) in [7, 11) is 0. The van der Waals surface area contributed by atoms with Gasteiger partial charge in [0.2, 0.25) is 0 Å². The average Bonchev–Trinajstić information content (AvgIpc) is 2.88. The Labute approximate surface area is 130 Å². The molecule has 3 N–H and O–H groups in total. The number of phenols is 1. The summed E-state index contributed by atoms with van der Waals surface area (Å²) in [6.07, 6.45) is 3.84. The summed E-state index contributed by atoms with van der Waals surface area (Å²) in [5, 5.41) is 10.9. The third-order valence-corrected chi connectivity index (χ3v) is 4.08. The number of hydrogen-bond acceptors (Lipinski definition) is 3. The van der Waals surface area contributed by atoms with Crippen LogP contribution in [0.25, 0.3) is 11.0 Å². The van der Waals surface area contributed by atoms with Crippen LogP contribution < -0.4 is 5.73 Å². The summed E-state index contributed by atoms with van der Waals surface area (Å²) in [6.45, 7) is 2.18. The zero-order chi connectivity index (χ0) is 15.5. The second-order valence-corrected chi connectivity index (χ2v) is 5.63. The number of nitrogen functional groups attached to an aromatic ring is 1. The minimum absolute atomic E-state index is 0.139. The Morgan fingerprint density at radius 1 is 1.09 bits per heavy atom. The van der Waals surface area contributed by atoms with E-state index >= 15 is 0 Å². The van der Waals surface area contributed by atoms with Crippen molar-refractivity contribution in [2.75, 3.05) is 5.73 Å². The molecule has 3 nitrogen and oxygen atoms in total. The summed E-state index contributed by atoms with van der Waals surface area (Å²) in [6, 6.07) is 13.5. The van der Waals surface area contributed by atoms with E-state index in [1.54, 1.807) is 6.07 Å². The van der Waals surface area contributed by atoms with Crippen LogP contribution in [0.15, 0.2) is 46.9 Å². The zero-order valence-corrected chi connectivity index (χ0v) is 12.8. The smallest absolute Gasteiger partial charge is 0.138 e. The Morgan fingerprint density at radius 3 is 2.73 bits per heavy atom. The highest BCUT2D eigenvalue weighted by Crippen LogP contribution is 2.32.